The fourth-order valence-corrected chi connectivity index (χ4v) is 3.60. The Morgan fingerprint density at radius 2 is 2.04 bits per heavy atom. The largest absolute Gasteiger partial charge is 0.508 e. The summed E-state index contributed by atoms with van der Waals surface area (Å²) in [5, 5.41) is 23.3. The summed E-state index contributed by atoms with van der Waals surface area (Å²) in [6, 6.07) is 8.01. The van der Waals surface area contributed by atoms with Gasteiger partial charge in [-0.2, -0.15) is 0 Å². The Bertz CT molecular complexity index is 894. The Hall–Kier alpha value is -2.60. The van der Waals surface area contributed by atoms with Gasteiger partial charge in [0.25, 0.3) is 5.91 Å². The maximum atomic E-state index is 13.5. The molecule has 2 aromatic carbocycles. The Morgan fingerprint density at radius 3 is 2.75 bits per heavy atom. The van der Waals surface area contributed by atoms with E-state index < -0.39 is 6.10 Å². The van der Waals surface area contributed by atoms with E-state index in [1.165, 1.54) is 18.2 Å². The van der Waals surface area contributed by atoms with Crippen LogP contribution in [0.4, 0.5) is 10.1 Å². The molecule has 1 aliphatic rings. The summed E-state index contributed by atoms with van der Waals surface area (Å²) in [7, 11) is 0. The first-order valence-corrected chi connectivity index (χ1v) is 9.37. The molecule has 0 radical (unpaired) electrons. The quantitative estimate of drug-likeness (QED) is 0.692. The Balaban J connectivity index is 1.70. The average Bonchev–Trinajstić information content (AvgIpc) is 2.61. The van der Waals surface area contributed by atoms with Crippen LogP contribution in [0.3, 0.4) is 0 Å². The third-order valence-electron chi connectivity index (χ3n) is 5.08. The lowest BCUT2D eigenvalue weighted by atomic mass is 9.80. The van der Waals surface area contributed by atoms with Crippen molar-refractivity contribution in [3.05, 3.63) is 52.8 Å². The van der Waals surface area contributed by atoms with Crippen molar-refractivity contribution < 1.29 is 24.1 Å². The molecule has 1 unspecified atom stereocenters. The Morgan fingerprint density at radius 1 is 1.29 bits per heavy atom. The van der Waals surface area contributed by atoms with E-state index in [9.17, 15) is 19.4 Å². The number of rotatable bonds is 6. The van der Waals surface area contributed by atoms with Crippen LogP contribution in [0, 0.1) is 18.2 Å². The highest BCUT2D eigenvalue weighted by atomic mass is 19.1. The number of phenols is 1. The minimum absolute atomic E-state index is 0.0420. The number of fused-ring (bicyclic) bond motifs is 1. The zero-order chi connectivity index (χ0) is 20.5. The summed E-state index contributed by atoms with van der Waals surface area (Å²) in [5.74, 6) is -0.150. The molecule has 2 aromatic rings. The van der Waals surface area contributed by atoms with E-state index in [1.54, 1.807) is 13.0 Å². The summed E-state index contributed by atoms with van der Waals surface area (Å²) >= 11 is 0. The van der Waals surface area contributed by atoms with Gasteiger partial charge in [-0.1, -0.05) is 26.0 Å². The minimum Gasteiger partial charge on any atom is -0.508 e. The van der Waals surface area contributed by atoms with Gasteiger partial charge in [-0.05, 0) is 54.9 Å². The van der Waals surface area contributed by atoms with Gasteiger partial charge in [0.15, 0.2) is 6.61 Å². The number of aryl methyl sites for hydroxylation is 1. The molecule has 1 atom stereocenters. The predicted octanol–water partition coefficient (Wildman–Crippen LogP) is 4.25. The highest BCUT2D eigenvalue weighted by molar-refractivity contribution is 5.96. The van der Waals surface area contributed by atoms with Crippen molar-refractivity contribution >= 4 is 11.6 Å². The minimum atomic E-state index is -0.843. The molecule has 28 heavy (non-hydrogen) atoms. The molecule has 150 valence electrons. The van der Waals surface area contributed by atoms with Crippen molar-refractivity contribution in [1.82, 2.24) is 0 Å². The lowest BCUT2D eigenvalue weighted by Gasteiger charge is -2.28. The molecule has 0 saturated heterocycles. The SMILES string of the molecule is Cc1cc(CC(C)(C)CCC(O)c2cc(O)cc3c2OCC(=O)N3)ccc1F. The molecule has 5 nitrogen and oxygen atoms in total. The summed E-state index contributed by atoms with van der Waals surface area (Å²) in [5.41, 5.74) is 2.39. The molecule has 3 N–H and O–H groups in total. The summed E-state index contributed by atoms with van der Waals surface area (Å²) in [4.78, 5) is 11.5. The molecular weight excluding hydrogens is 361 g/mol. The molecule has 6 heteroatoms. The van der Waals surface area contributed by atoms with E-state index >= 15 is 0 Å². The van der Waals surface area contributed by atoms with Gasteiger partial charge < -0.3 is 20.3 Å². The average molecular weight is 387 g/mol. The van der Waals surface area contributed by atoms with Gasteiger partial charge in [-0.25, -0.2) is 4.39 Å². The molecule has 0 bridgehead atoms. The zero-order valence-electron chi connectivity index (χ0n) is 16.4. The summed E-state index contributed by atoms with van der Waals surface area (Å²) in [6.07, 6.45) is 1.08. The third-order valence-corrected chi connectivity index (χ3v) is 5.08. The second-order valence-electron chi connectivity index (χ2n) is 8.23. The number of anilines is 1. The zero-order valence-corrected chi connectivity index (χ0v) is 16.4. The predicted molar refractivity (Wildman–Crippen MR) is 105 cm³/mol. The lowest BCUT2D eigenvalue weighted by molar-refractivity contribution is -0.118. The Kier molecular flexibility index (Phi) is 5.61. The van der Waals surface area contributed by atoms with Crippen LogP contribution in [-0.4, -0.2) is 22.7 Å². The number of nitrogens with one attached hydrogen (secondary N) is 1. The highest BCUT2D eigenvalue weighted by Gasteiger charge is 2.26. The fraction of sp³-hybridized carbons (Fsp3) is 0.409. The molecule has 1 heterocycles. The Labute approximate surface area is 164 Å². The van der Waals surface area contributed by atoms with Crippen LogP contribution in [0.5, 0.6) is 11.5 Å². The lowest BCUT2D eigenvalue weighted by Crippen LogP contribution is -2.26. The number of aliphatic hydroxyl groups excluding tert-OH is 1. The highest BCUT2D eigenvalue weighted by Crippen LogP contribution is 2.41. The monoisotopic (exact) mass is 387 g/mol. The third kappa shape index (κ3) is 4.62. The topological polar surface area (TPSA) is 78.8 Å². The van der Waals surface area contributed by atoms with Crippen LogP contribution in [0.2, 0.25) is 0 Å². The number of aliphatic hydroxyl groups is 1. The maximum absolute atomic E-state index is 13.5. The van der Waals surface area contributed by atoms with E-state index in [0.717, 1.165) is 12.0 Å². The van der Waals surface area contributed by atoms with E-state index in [-0.39, 0.29) is 29.5 Å². The van der Waals surface area contributed by atoms with Crippen LogP contribution in [0.15, 0.2) is 30.3 Å². The second kappa shape index (κ2) is 7.80. The van der Waals surface area contributed by atoms with Gasteiger partial charge in [-0.15, -0.1) is 0 Å². The van der Waals surface area contributed by atoms with Crippen molar-refractivity contribution in [1.29, 1.82) is 0 Å². The van der Waals surface area contributed by atoms with Crippen LogP contribution in [-0.2, 0) is 11.2 Å². The van der Waals surface area contributed by atoms with Crippen LogP contribution in [0.1, 0.15) is 49.5 Å². The van der Waals surface area contributed by atoms with E-state index in [4.69, 9.17) is 4.74 Å². The molecule has 0 aromatic heterocycles. The van der Waals surface area contributed by atoms with Crippen LogP contribution < -0.4 is 10.1 Å². The normalized spacial score (nSPS) is 14.8. The number of phenolic OH excluding ortho intramolecular Hbond substituents is 1. The number of benzene rings is 2. The molecule has 1 amide bonds. The van der Waals surface area contributed by atoms with Gasteiger partial charge in [0.1, 0.15) is 17.3 Å². The summed E-state index contributed by atoms with van der Waals surface area (Å²) in [6.45, 7) is 5.84. The molecule has 1 aliphatic heterocycles. The first kappa shape index (κ1) is 20.1. The van der Waals surface area contributed by atoms with Gasteiger partial charge >= 0.3 is 0 Å². The first-order chi connectivity index (χ1) is 13.1. The number of hydrogen-bond donors (Lipinski definition) is 3. The van der Waals surface area contributed by atoms with Crippen LogP contribution >= 0.6 is 0 Å². The van der Waals surface area contributed by atoms with Gasteiger partial charge in [0, 0.05) is 11.6 Å². The summed E-state index contributed by atoms with van der Waals surface area (Å²) < 4.78 is 19.0. The van der Waals surface area contributed by atoms with E-state index in [0.29, 0.717) is 35.4 Å². The van der Waals surface area contributed by atoms with Crippen LogP contribution in [0.25, 0.3) is 0 Å². The van der Waals surface area contributed by atoms with E-state index in [1.807, 2.05) is 6.07 Å². The van der Waals surface area contributed by atoms with Crippen molar-refractivity contribution in [2.24, 2.45) is 5.41 Å². The number of amides is 1. The molecule has 0 aliphatic carbocycles. The molecule has 0 spiro atoms. The number of halogens is 1. The van der Waals surface area contributed by atoms with Crippen molar-refractivity contribution in [2.45, 2.75) is 46.1 Å². The molecule has 0 fully saturated rings. The van der Waals surface area contributed by atoms with E-state index in [2.05, 4.69) is 19.2 Å². The van der Waals surface area contributed by atoms with Gasteiger partial charge in [0.05, 0.1) is 11.8 Å². The number of hydrogen-bond acceptors (Lipinski definition) is 4. The molecular formula is C22H26FNO4. The smallest absolute Gasteiger partial charge is 0.262 e. The second-order valence-corrected chi connectivity index (χ2v) is 8.23. The van der Waals surface area contributed by atoms with Gasteiger partial charge in [-0.3, -0.25) is 4.79 Å². The number of carbonyl (C=O) groups excluding carboxylic acids is 1. The number of ether oxygens (including phenoxy) is 1. The first-order valence-electron chi connectivity index (χ1n) is 9.37. The molecule has 3 rings (SSSR count). The number of aromatic hydroxyl groups is 1. The van der Waals surface area contributed by atoms with Crippen molar-refractivity contribution in [3.8, 4) is 11.5 Å². The van der Waals surface area contributed by atoms with Gasteiger partial charge in [0.2, 0.25) is 0 Å². The van der Waals surface area contributed by atoms with Crippen molar-refractivity contribution in [2.75, 3.05) is 11.9 Å². The fourth-order valence-electron chi connectivity index (χ4n) is 3.60. The maximum Gasteiger partial charge on any atom is 0.262 e. The van der Waals surface area contributed by atoms with Crippen molar-refractivity contribution in [3.63, 3.8) is 0 Å². The standard InChI is InChI=1S/C22H26FNO4/c1-13-8-14(4-5-17(13)23)11-22(2,3)7-6-19(26)16-9-15(25)10-18-21(16)28-12-20(27)24-18/h4-5,8-10,19,25-26H,6-7,11-12H2,1-3H3,(H,24,27). The molecule has 0 saturated carbocycles. The number of carbonyl (C=O) groups is 1.